The molecule has 2 N–H and O–H groups in total. The third kappa shape index (κ3) is 2.53. The standard InChI is InChI=1S/C8H13N5/c1-8(2,5-10)6-13-11-4-7(3-9)12-13/h4H,5-6,10H2,1-2H3. The zero-order valence-corrected chi connectivity index (χ0v) is 7.86. The molecule has 0 spiro atoms. The average Bonchev–Trinajstić information content (AvgIpc) is 2.52. The Morgan fingerprint density at radius 3 is 2.85 bits per heavy atom. The predicted molar refractivity (Wildman–Crippen MR) is 47.6 cm³/mol. The van der Waals surface area contributed by atoms with Crippen LogP contribution >= 0.6 is 0 Å². The van der Waals surface area contributed by atoms with Gasteiger partial charge in [0, 0.05) is 0 Å². The number of aromatic nitrogens is 3. The van der Waals surface area contributed by atoms with E-state index in [4.69, 9.17) is 11.0 Å². The van der Waals surface area contributed by atoms with Crippen LogP contribution in [0.1, 0.15) is 19.5 Å². The van der Waals surface area contributed by atoms with Crippen LogP contribution in [0.15, 0.2) is 6.20 Å². The van der Waals surface area contributed by atoms with Crippen LogP contribution in [0.25, 0.3) is 0 Å². The molecule has 13 heavy (non-hydrogen) atoms. The Morgan fingerprint density at radius 2 is 2.38 bits per heavy atom. The minimum Gasteiger partial charge on any atom is -0.330 e. The number of nitrogens with two attached hydrogens (primary N) is 1. The predicted octanol–water partition coefficient (Wildman–Crippen LogP) is 0.135. The average molecular weight is 179 g/mol. The molecule has 0 amide bonds. The van der Waals surface area contributed by atoms with E-state index in [1.807, 2.05) is 19.9 Å². The molecule has 1 aromatic rings. The quantitative estimate of drug-likeness (QED) is 0.715. The van der Waals surface area contributed by atoms with Crippen LogP contribution in [0.4, 0.5) is 0 Å². The first-order valence-electron chi connectivity index (χ1n) is 4.08. The number of hydrogen-bond acceptors (Lipinski definition) is 4. The first kappa shape index (κ1) is 9.68. The SMILES string of the molecule is CC(C)(CN)Cn1ncc(C#N)n1. The molecule has 0 saturated heterocycles. The summed E-state index contributed by atoms with van der Waals surface area (Å²) in [6.45, 7) is 5.26. The highest BCUT2D eigenvalue weighted by Crippen LogP contribution is 2.14. The molecule has 0 aromatic carbocycles. The normalized spacial score (nSPS) is 11.2. The van der Waals surface area contributed by atoms with Crippen molar-refractivity contribution in [2.45, 2.75) is 20.4 Å². The molecule has 1 heterocycles. The Morgan fingerprint density at radius 1 is 1.69 bits per heavy atom. The molecule has 0 fully saturated rings. The van der Waals surface area contributed by atoms with E-state index in [1.54, 1.807) is 0 Å². The van der Waals surface area contributed by atoms with Crippen LogP contribution in [-0.4, -0.2) is 21.5 Å². The summed E-state index contributed by atoms with van der Waals surface area (Å²) in [6, 6.07) is 1.93. The summed E-state index contributed by atoms with van der Waals surface area (Å²) in [7, 11) is 0. The number of nitriles is 1. The molecule has 5 nitrogen and oxygen atoms in total. The van der Waals surface area contributed by atoms with Gasteiger partial charge in [0.2, 0.25) is 0 Å². The molecule has 0 aliphatic carbocycles. The third-order valence-electron chi connectivity index (χ3n) is 1.77. The second kappa shape index (κ2) is 3.54. The fraction of sp³-hybridized carbons (Fsp3) is 0.625. The van der Waals surface area contributed by atoms with Crippen molar-refractivity contribution in [2.24, 2.45) is 11.1 Å². The van der Waals surface area contributed by atoms with Crippen molar-refractivity contribution < 1.29 is 0 Å². The van der Waals surface area contributed by atoms with Crippen LogP contribution in [0.2, 0.25) is 0 Å². The molecular weight excluding hydrogens is 166 g/mol. The van der Waals surface area contributed by atoms with Crippen molar-refractivity contribution >= 4 is 0 Å². The van der Waals surface area contributed by atoms with Crippen LogP contribution in [-0.2, 0) is 6.54 Å². The lowest BCUT2D eigenvalue weighted by molar-refractivity contribution is 0.282. The van der Waals surface area contributed by atoms with Gasteiger partial charge >= 0.3 is 0 Å². The van der Waals surface area contributed by atoms with Gasteiger partial charge in [-0.2, -0.15) is 15.2 Å². The second-order valence-electron chi connectivity index (χ2n) is 3.74. The van der Waals surface area contributed by atoms with Crippen LogP contribution < -0.4 is 5.73 Å². The Hall–Kier alpha value is -1.41. The van der Waals surface area contributed by atoms with Crippen molar-refractivity contribution in [3.8, 4) is 6.07 Å². The number of rotatable bonds is 3. The lowest BCUT2D eigenvalue weighted by Gasteiger charge is -2.20. The van der Waals surface area contributed by atoms with E-state index in [2.05, 4.69) is 10.2 Å². The highest BCUT2D eigenvalue weighted by Gasteiger charge is 2.17. The zero-order chi connectivity index (χ0) is 9.90. The molecule has 70 valence electrons. The molecule has 0 atom stereocenters. The smallest absolute Gasteiger partial charge is 0.182 e. The van der Waals surface area contributed by atoms with Gasteiger partial charge < -0.3 is 5.73 Å². The van der Waals surface area contributed by atoms with Crippen molar-refractivity contribution in [3.05, 3.63) is 11.9 Å². The largest absolute Gasteiger partial charge is 0.330 e. The van der Waals surface area contributed by atoms with Crippen LogP contribution in [0.3, 0.4) is 0 Å². The summed E-state index contributed by atoms with van der Waals surface area (Å²) in [6.07, 6.45) is 1.45. The van der Waals surface area contributed by atoms with E-state index in [1.165, 1.54) is 11.0 Å². The second-order valence-corrected chi connectivity index (χ2v) is 3.74. The molecule has 0 bridgehead atoms. The first-order chi connectivity index (χ1) is 6.07. The lowest BCUT2D eigenvalue weighted by Crippen LogP contribution is -2.29. The minimum atomic E-state index is -0.0360. The Bertz CT molecular complexity index is 320. The number of hydrogen-bond donors (Lipinski definition) is 1. The molecule has 0 aliphatic rings. The Balaban J connectivity index is 2.70. The highest BCUT2D eigenvalue weighted by atomic mass is 15.5. The fourth-order valence-electron chi connectivity index (χ4n) is 0.872. The Labute approximate surface area is 77.1 Å². The highest BCUT2D eigenvalue weighted by molar-refractivity contribution is 5.12. The number of nitrogens with zero attached hydrogens (tertiary/aromatic N) is 4. The van der Waals surface area contributed by atoms with Crippen molar-refractivity contribution in [3.63, 3.8) is 0 Å². The van der Waals surface area contributed by atoms with E-state index in [9.17, 15) is 0 Å². The van der Waals surface area contributed by atoms with Crippen molar-refractivity contribution in [2.75, 3.05) is 6.54 Å². The molecule has 0 radical (unpaired) electrons. The maximum absolute atomic E-state index is 8.52. The summed E-state index contributed by atoms with van der Waals surface area (Å²) in [4.78, 5) is 1.51. The molecular formula is C8H13N5. The Kier molecular flexibility index (Phi) is 2.63. The summed E-state index contributed by atoms with van der Waals surface area (Å²) >= 11 is 0. The summed E-state index contributed by atoms with van der Waals surface area (Å²) < 4.78 is 0. The molecule has 0 unspecified atom stereocenters. The van der Waals surface area contributed by atoms with E-state index in [0.717, 1.165) is 0 Å². The monoisotopic (exact) mass is 179 g/mol. The van der Waals surface area contributed by atoms with Crippen LogP contribution in [0, 0.1) is 16.7 Å². The van der Waals surface area contributed by atoms with Gasteiger partial charge in [-0.1, -0.05) is 13.8 Å². The molecule has 0 aliphatic heterocycles. The van der Waals surface area contributed by atoms with Gasteiger partial charge in [0.05, 0.1) is 12.7 Å². The van der Waals surface area contributed by atoms with Crippen molar-refractivity contribution in [1.82, 2.24) is 15.0 Å². The van der Waals surface area contributed by atoms with Gasteiger partial charge in [-0.05, 0) is 12.0 Å². The first-order valence-corrected chi connectivity index (χ1v) is 4.08. The molecule has 0 saturated carbocycles. The van der Waals surface area contributed by atoms with E-state index >= 15 is 0 Å². The maximum atomic E-state index is 8.52. The van der Waals surface area contributed by atoms with Gasteiger partial charge in [-0.15, -0.1) is 5.10 Å². The zero-order valence-electron chi connectivity index (χ0n) is 7.86. The summed E-state index contributed by atoms with van der Waals surface area (Å²) in [5.41, 5.74) is 5.86. The molecule has 5 heteroatoms. The van der Waals surface area contributed by atoms with Crippen molar-refractivity contribution in [1.29, 1.82) is 5.26 Å². The molecule has 1 rings (SSSR count). The van der Waals surface area contributed by atoms with E-state index in [-0.39, 0.29) is 5.41 Å². The van der Waals surface area contributed by atoms with E-state index in [0.29, 0.717) is 18.8 Å². The van der Waals surface area contributed by atoms with Gasteiger partial charge in [0.25, 0.3) is 0 Å². The van der Waals surface area contributed by atoms with Gasteiger partial charge in [-0.25, -0.2) is 0 Å². The fourth-order valence-corrected chi connectivity index (χ4v) is 0.872. The van der Waals surface area contributed by atoms with Gasteiger partial charge in [0.15, 0.2) is 5.69 Å². The summed E-state index contributed by atoms with van der Waals surface area (Å²) in [5.74, 6) is 0. The minimum absolute atomic E-state index is 0.0360. The third-order valence-corrected chi connectivity index (χ3v) is 1.77. The van der Waals surface area contributed by atoms with Gasteiger partial charge in [-0.3, -0.25) is 0 Å². The summed E-state index contributed by atoms with van der Waals surface area (Å²) in [5, 5.41) is 16.4. The topological polar surface area (TPSA) is 80.5 Å². The maximum Gasteiger partial charge on any atom is 0.182 e. The van der Waals surface area contributed by atoms with Crippen LogP contribution in [0.5, 0.6) is 0 Å². The van der Waals surface area contributed by atoms with E-state index < -0.39 is 0 Å². The lowest BCUT2D eigenvalue weighted by atomic mass is 9.94. The molecule has 1 aromatic heterocycles. The van der Waals surface area contributed by atoms with Gasteiger partial charge in [0.1, 0.15) is 6.07 Å².